The molecule has 1 aliphatic carbocycles. The third-order valence-electron chi connectivity index (χ3n) is 7.94. The maximum atomic E-state index is 12.7. The molecule has 0 aromatic heterocycles. The summed E-state index contributed by atoms with van der Waals surface area (Å²) in [5.41, 5.74) is 3.91. The number of nitrogens with zero attached hydrogens (tertiary/aromatic N) is 1. The van der Waals surface area contributed by atoms with E-state index in [1.54, 1.807) is 4.90 Å². The van der Waals surface area contributed by atoms with Gasteiger partial charge in [-0.2, -0.15) is 0 Å². The van der Waals surface area contributed by atoms with E-state index in [-0.39, 0.29) is 30.3 Å². The Kier molecular flexibility index (Phi) is 10.2. The van der Waals surface area contributed by atoms with Crippen molar-refractivity contribution in [3.63, 3.8) is 0 Å². The zero-order valence-corrected chi connectivity index (χ0v) is 24.8. The standard InChI is InChI=1S/C33H42N2O7/c1-33(2,3)42-29(37)16-6-4-5-15-28(36)35-19-17-22(18-20-35)30(31(38)39)34-32(40)41-21-27-25-13-9-7-11-23(25)24-12-8-10-14-26(24)27/h7-14,22,27,30H,4-6,15-21H2,1-3H3,(H,34,40)(H,38,39). The van der Waals surface area contributed by atoms with Gasteiger partial charge in [-0.1, -0.05) is 55.0 Å². The summed E-state index contributed by atoms with van der Waals surface area (Å²) in [5, 5.41) is 12.4. The number of benzene rings is 2. The van der Waals surface area contributed by atoms with Crippen molar-refractivity contribution in [2.24, 2.45) is 5.92 Å². The lowest BCUT2D eigenvalue weighted by molar-refractivity contribution is -0.155. The quantitative estimate of drug-likeness (QED) is 0.266. The molecule has 1 atom stereocenters. The molecule has 2 amide bonds. The molecule has 42 heavy (non-hydrogen) atoms. The number of amides is 2. The van der Waals surface area contributed by atoms with Crippen molar-refractivity contribution < 1.29 is 33.8 Å². The fraction of sp³-hybridized carbons (Fsp3) is 0.515. The number of nitrogens with one attached hydrogen (secondary N) is 1. The van der Waals surface area contributed by atoms with Gasteiger partial charge in [0.1, 0.15) is 18.2 Å². The first-order valence-corrected chi connectivity index (χ1v) is 14.9. The molecular formula is C33H42N2O7. The second kappa shape index (κ2) is 13.9. The largest absolute Gasteiger partial charge is 0.480 e. The molecule has 0 saturated carbocycles. The highest BCUT2D eigenvalue weighted by Crippen LogP contribution is 2.44. The van der Waals surface area contributed by atoms with Gasteiger partial charge >= 0.3 is 18.0 Å². The molecule has 0 bridgehead atoms. The Morgan fingerprint density at radius 3 is 2.05 bits per heavy atom. The van der Waals surface area contributed by atoms with Gasteiger partial charge in [0.05, 0.1) is 0 Å². The van der Waals surface area contributed by atoms with Crippen molar-refractivity contribution in [3.8, 4) is 11.1 Å². The fourth-order valence-corrected chi connectivity index (χ4v) is 5.90. The molecule has 4 rings (SSSR count). The molecule has 2 N–H and O–H groups in total. The van der Waals surface area contributed by atoms with E-state index in [1.807, 2.05) is 57.2 Å². The third-order valence-corrected chi connectivity index (χ3v) is 7.94. The Morgan fingerprint density at radius 2 is 1.48 bits per heavy atom. The molecule has 2 aromatic carbocycles. The number of hydrogen-bond donors (Lipinski definition) is 2. The normalized spacial score (nSPS) is 15.8. The zero-order chi connectivity index (χ0) is 30.3. The average molecular weight is 579 g/mol. The van der Waals surface area contributed by atoms with Crippen LogP contribution in [-0.4, -0.2) is 65.3 Å². The second-order valence-corrected chi connectivity index (χ2v) is 12.2. The molecule has 226 valence electrons. The fourth-order valence-electron chi connectivity index (χ4n) is 5.90. The minimum Gasteiger partial charge on any atom is -0.480 e. The lowest BCUT2D eigenvalue weighted by Crippen LogP contribution is -2.50. The van der Waals surface area contributed by atoms with Crippen LogP contribution < -0.4 is 5.32 Å². The van der Waals surface area contributed by atoms with Crippen LogP contribution in [-0.2, 0) is 23.9 Å². The summed E-state index contributed by atoms with van der Waals surface area (Å²) < 4.78 is 10.9. The van der Waals surface area contributed by atoms with Gasteiger partial charge in [-0.25, -0.2) is 9.59 Å². The summed E-state index contributed by atoms with van der Waals surface area (Å²) in [4.78, 5) is 51.1. The van der Waals surface area contributed by atoms with Gasteiger partial charge in [-0.15, -0.1) is 0 Å². The Bertz CT molecular complexity index is 1230. The van der Waals surface area contributed by atoms with Crippen LogP contribution in [0.1, 0.15) is 82.8 Å². The number of rotatable bonds is 11. The number of hydrogen-bond acceptors (Lipinski definition) is 6. The van der Waals surface area contributed by atoms with E-state index >= 15 is 0 Å². The van der Waals surface area contributed by atoms with Gasteiger partial charge in [0.15, 0.2) is 0 Å². The van der Waals surface area contributed by atoms with Crippen LogP contribution in [0.3, 0.4) is 0 Å². The number of alkyl carbamates (subject to hydrolysis) is 1. The van der Waals surface area contributed by atoms with Gasteiger partial charge in [0.2, 0.25) is 5.91 Å². The summed E-state index contributed by atoms with van der Waals surface area (Å²) in [6.45, 7) is 6.50. The number of carbonyl (C=O) groups excluding carboxylic acids is 3. The van der Waals surface area contributed by atoms with Gasteiger partial charge < -0.3 is 24.8 Å². The Hall–Kier alpha value is -3.88. The highest BCUT2D eigenvalue weighted by molar-refractivity contribution is 5.81. The van der Waals surface area contributed by atoms with Crippen molar-refractivity contribution in [3.05, 3.63) is 59.7 Å². The summed E-state index contributed by atoms with van der Waals surface area (Å²) >= 11 is 0. The Labute approximate surface area is 247 Å². The van der Waals surface area contributed by atoms with E-state index < -0.39 is 23.7 Å². The van der Waals surface area contributed by atoms with Gasteiger partial charge in [0.25, 0.3) is 0 Å². The molecular weight excluding hydrogens is 536 g/mol. The number of fused-ring (bicyclic) bond motifs is 3. The summed E-state index contributed by atoms with van der Waals surface area (Å²) in [5.74, 6) is -1.73. The molecule has 2 aromatic rings. The van der Waals surface area contributed by atoms with Crippen LogP contribution in [0.25, 0.3) is 11.1 Å². The number of carboxylic acids is 1. The third kappa shape index (κ3) is 8.11. The monoisotopic (exact) mass is 578 g/mol. The molecule has 1 aliphatic heterocycles. The SMILES string of the molecule is CC(C)(C)OC(=O)CCCCCC(=O)N1CCC(C(NC(=O)OCC2c3ccccc3-c3ccccc32)C(=O)O)CC1. The molecule has 0 radical (unpaired) electrons. The Morgan fingerprint density at radius 1 is 0.905 bits per heavy atom. The predicted octanol–water partition coefficient (Wildman–Crippen LogP) is 5.51. The van der Waals surface area contributed by atoms with Crippen LogP contribution in [0, 0.1) is 5.92 Å². The first-order valence-electron chi connectivity index (χ1n) is 14.9. The van der Waals surface area contributed by atoms with Crippen molar-refractivity contribution in [1.29, 1.82) is 0 Å². The smallest absolute Gasteiger partial charge is 0.407 e. The maximum Gasteiger partial charge on any atom is 0.407 e. The number of ether oxygens (including phenoxy) is 2. The Balaban J connectivity index is 1.20. The first kappa shape index (κ1) is 31.1. The molecule has 2 aliphatic rings. The molecule has 0 spiro atoms. The van der Waals surface area contributed by atoms with E-state index in [2.05, 4.69) is 17.4 Å². The van der Waals surface area contributed by atoms with E-state index in [0.29, 0.717) is 51.6 Å². The van der Waals surface area contributed by atoms with Crippen molar-refractivity contribution in [2.45, 2.75) is 83.3 Å². The average Bonchev–Trinajstić information content (AvgIpc) is 3.27. The van der Waals surface area contributed by atoms with Crippen LogP contribution in [0.15, 0.2) is 48.5 Å². The van der Waals surface area contributed by atoms with E-state index in [1.165, 1.54) is 0 Å². The number of piperidine rings is 1. The highest BCUT2D eigenvalue weighted by atomic mass is 16.6. The van der Waals surface area contributed by atoms with Gasteiger partial charge in [-0.05, 0) is 74.6 Å². The zero-order valence-electron chi connectivity index (χ0n) is 24.8. The summed E-state index contributed by atoms with van der Waals surface area (Å²) in [7, 11) is 0. The number of aliphatic carboxylic acids is 1. The van der Waals surface area contributed by atoms with Gasteiger partial charge in [-0.3, -0.25) is 9.59 Å². The molecule has 1 heterocycles. The first-order chi connectivity index (χ1) is 20.0. The van der Waals surface area contributed by atoms with Crippen LogP contribution in [0.4, 0.5) is 4.79 Å². The van der Waals surface area contributed by atoms with Crippen molar-refractivity contribution in [2.75, 3.05) is 19.7 Å². The lowest BCUT2D eigenvalue weighted by atomic mass is 9.89. The van der Waals surface area contributed by atoms with E-state index in [9.17, 15) is 24.3 Å². The summed E-state index contributed by atoms with van der Waals surface area (Å²) in [6.07, 6.45) is 3.04. The van der Waals surface area contributed by atoms with E-state index in [4.69, 9.17) is 9.47 Å². The molecule has 1 fully saturated rings. The maximum absolute atomic E-state index is 12.7. The van der Waals surface area contributed by atoms with Crippen molar-refractivity contribution in [1.82, 2.24) is 10.2 Å². The number of carbonyl (C=O) groups is 4. The van der Waals surface area contributed by atoms with Crippen LogP contribution in [0.2, 0.25) is 0 Å². The molecule has 9 nitrogen and oxygen atoms in total. The number of unbranched alkanes of at least 4 members (excludes halogenated alkanes) is 2. The highest BCUT2D eigenvalue weighted by Gasteiger charge is 2.35. The minimum atomic E-state index is -1.11. The molecule has 1 saturated heterocycles. The van der Waals surface area contributed by atoms with E-state index in [0.717, 1.165) is 28.7 Å². The molecule has 1 unspecified atom stereocenters. The lowest BCUT2D eigenvalue weighted by Gasteiger charge is -2.34. The topological polar surface area (TPSA) is 122 Å². The van der Waals surface area contributed by atoms with Gasteiger partial charge in [0, 0.05) is 31.8 Å². The summed E-state index contributed by atoms with van der Waals surface area (Å²) in [6, 6.07) is 15.0. The van der Waals surface area contributed by atoms with Crippen LogP contribution in [0.5, 0.6) is 0 Å². The molecule has 9 heteroatoms. The number of esters is 1. The predicted molar refractivity (Wildman–Crippen MR) is 158 cm³/mol. The second-order valence-electron chi connectivity index (χ2n) is 12.2. The number of likely N-dealkylation sites (tertiary alicyclic amines) is 1. The van der Waals surface area contributed by atoms with Crippen LogP contribution >= 0.6 is 0 Å². The minimum absolute atomic E-state index is 0.0297. The number of carboxylic acid groups (broad SMARTS) is 1. The van der Waals surface area contributed by atoms with Crippen molar-refractivity contribution >= 4 is 23.9 Å².